The molecular formula is C13H11N3OS. The summed E-state index contributed by atoms with van der Waals surface area (Å²) in [6, 6.07) is 11.5. The highest BCUT2D eigenvalue weighted by molar-refractivity contribution is 7.16. The molecule has 1 heterocycles. The Bertz CT molecular complexity index is 586. The monoisotopic (exact) mass is 257 g/mol. The molecule has 5 heteroatoms. The second-order valence-electron chi connectivity index (χ2n) is 3.76. The van der Waals surface area contributed by atoms with Crippen LogP contribution in [-0.4, -0.2) is 10.9 Å². The van der Waals surface area contributed by atoms with Crippen molar-refractivity contribution in [2.45, 2.75) is 12.8 Å². The van der Waals surface area contributed by atoms with E-state index in [0.29, 0.717) is 10.0 Å². The molecule has 0 fully saturated rings. The summed E-state index contributed by atoms with van der Waals surface area (Å²) in [4.78, 5) is 16.4. The van der Waals surface area contributed by atoms with Gasteiger partial charge in [0.15, 0.2) is 5.13 Å². The van der Waals surface area contributed by atoms with E-state index in [9.17, 15) is 4.79 Å². The van der Waals surface area contributed by atoms with Crippen LogP contribution in [0.3, 0.4) is 0 Å². The van der Waals surface area contributed by atoms with Gasteiger partial charge >= 0.3 is 0 Å². The third-order valence-electron chi connectivity index (χ3n) is 2.54. The Labute approximate surface area is 109 Å². The van der Waals surface area contributed by atoms with E-state index in [2.05, 4.69) is 10.3 Å². The standard InChI is InChI=1S/C13H11N3OS/c1-9(10-5-3-2-4-6-10)12(17)16-13-15-8-11(7-14)18-13/h2-6,8-9H,1H3,(H,15,16,17). The van der Waals surface area contributed by atoms with Gasteiger partial charge in [0.25, 0.3) is 0 Å². The van der Waals surface area contributed by atoms with E-state index in [-0.39, 0.29) is 11.8 Å². The summed E-state index contributed by atoms with van der Waals surface area (Å²) in [6.45, 7) is 1.84. The van der Waals surface area contributed by atoms with Gasteiger partial charge in [-0.15, -0.1) is 0 Å². The lowest BCUT2D eigenvalue weighted by Gasteiger charge is -2.10. The molecule has 0 saturated carbocycles. The van der Waals surface area contributed by atoms with Crippen molar-refractivity contribution in [2.24, 2.45) is 0 Å². The van der Waals surface area contributed by atoms with Crippen LogP contribution in [0.2, 0.25) is 0 Å². The highest BCUT2D eigenvalue weighted by atomic mass is 32.1. The fraction of sp³-hybridized carbons (Fsp3) is 0.154. The van der Waals surface area contributed by atoms with Crippen LogP contribution in [0.4, 0.5) is 5.13 Å². The number of nitrogens with one attached hydrogen (secondary N) is 1. The molecule has 0 aliphatic rings. The number of carbonyl (C=O) groups excluding carboxylic acids is 1. The lowest BCUT2D eigenvalue weighted by molar-refractivity contribution is -0.117. The van der Waals surface area contributed by atoms with Crippen LogP contribution < -0.4 is 5.32 Å². The van der Waals surface area contributed by atoms with Gasteiger partial charge in [-0.1, -0.05) is 41.7 Å². The molecule has 0 aliphatic heterocycles. The van der Waals surface area contributed by atoms with Crippen LogP contribution >= 0.6 is 11.3 Å². The Morgan fingerprint density at radius 3 is 2.78 bits per heavy atom. The lowest BCUT2D eigenvalue weighted by Crippen LogP contribution is -2.18. The van der Waals surface area contributed by atoms with E-state index in [1.165, 1.54) is 17.5 Å². The predicted molar refractivity (Wildman–Crippen MR) is 70.3 cm³/mol. The first kappa shape index (κ1) is 12.3. The van der Waals surface area contributed by atoms with Gasteiger partial charge in [-0.05, 0) is 12.5 Å². The summed E-state index contributed by atoms with van der Waals surface area (Å²) >= 11 is 1.17. The number of nitriles is 1. The van der Waals surface area contributed by atoms with Crippen molar-refractivity contribution in [1.82, 2.24) is 4.98 Å². The number of hydrogen-bond acceptors (Lipinski definition) is 4. The van der Waals surface area contributed by atoms with Crippen LogP contribution in [0.5, 0.6) is 0 Å². The van der Waals surface area contributed by atoms with E-state index in [4.69, 9.17) is 5.26 Å². The second-order valence-corrected chi connectivity index (χ2v) is 4.79. The summed E-state index contributed by atoms with van der Waals surface area (Å²) < 4.78 is 0. The van der Waals surface area contributed by atoms with Gasteiger partial charge in [-0.25, -0.2) is 4.98 Å². The van der Waals surface area contributed by atoms with E-state index < -0.39 is 0 Å². The summed E-state index contributed by atoms with van der Waals surface area (Å²) in [5.74, 6) is -0.374. The molecule has 0 saturated heterocycles. The first-order valence-corrected chi connectivity index (χ1v) is 6.24. The zero-order chi connectivity index (χ0) is 13.0. The number of benzene rings is 1. The molecule has 0 bridgehead atoms. The molecule has 18 heavy (non-hydrogen) atoms. The Morgan fingerprint density at radius 2 is 2.17 bits per heavy atom. The van der Waals surface area contributed by atoms with Crippen molar-refractivity contribution >= 4 is 22.4 Å². The Balaban J connectivity index is 2.06. The highest BCUT2D eigenvalue weighted by Gasteiger charge is 2.16. The number of rotatable bonds is 3. The molecule has 1 unspecified atom stereocenters. The topological polar surface area (TPSA) is 65.8 Å². The average molecular weight is 257 g/mol. The summed E-state index contributed by atoms with van der Waals surface area (Å²) in [5, 5.41) is 11.8. The molecule has 4 nitrogen and oxygen atoms in total. The third kappa shape index (κ3) is 2.73. The number of anilines is 1. The molecule has 2 aromatic rings. The van der Waals surface area contributed by atoms with Crippen LogP contribution in [0.25, 0.3) is 0 Å². The Kier molecular flexibility index (Phi) is 3.70. The maximum absolute atomic E-state index is 12.0. The fourth-order valence-electron chi connectivity index (χ4n) is 1.49. The van der Waals surface area contributed by atoms with Crippen molar-refractivity contribution < 1.29 is 4.79 Å². The number of aromatic nitrogens is 1. The minimum Gasteiger partial charge on any atom is -0.301 e. The molecule has 1 atom stereocenters. The number of carbonyl (C=O) groups is 1. The zero-order valence-electron chi connectivity index (χ0n) is 9.75. The fourth-order valence-corrected chi connectivity index (χ4v) is 2.11. The number of hydrogen-bond donors (Lipinski definition) is 1. The van der Waals surface area contributed by atoms with E-state index in [0.717, 1.165) is 5.56 Å². The Morgan fingerprint density at radius 1 is 1.44 bits per heavy atom. The third-order valence-corrected chi connectivity index (χ3v) is 3.36. The molecule has 90 valence electrons. The molecule has 2 rings (SSSR count). The van der Waals surface area contributed by atoms with Crippen LogP contribution in [0, 0.1) is 11.3 Å². The van der Waals surface area contributed by atoms with Gasteiger partial charge in [-0.2, -0.15) is 5.26 Å². The van der Waals surface area contributed by atoms with Gasteiger partial charge in [0.2, 0.25) is 5.91 Å². The first-order chi connectivity index (χ1) is 8.70. The quantitative estimate of drug-likeness (QED) is 0.919. The van der Waals surface area contributed by atoms with Crippen molar-refractivity contribution in [3.8, 4) is 6.07 Å². The Hall–Kier alpha value is -2.19. The minimum absolute atomic E-state index is 0.125. The molecule has 0 spiro atoms. The van der Waals surface area contributed by atoms with E-state index >= 15 is 0 Å². The molecular weight excluding hydrogens is 246 g/mol. The van der Waals surface area contributed by atoms with E-state index in [1.807, 2.05) is 43.3 Å². The second kappa shape index (κ2) is 5.43. The first-order valence-electron chi connectivity index (χ1n) is 5.42. The highest BCUT2D eigenvalue weighted by Crippen LogP contribution is 2.20. The summed E-state index contributed by atoms with van der Waals surface area (Å²) in [7, 11) is 0. The van der Waals surface area contributed by atoms with Gasteiger partial charge < -0.3 is 5.32 Å². The average Bonchev–Trinajstić information content (AvgIpc) is 2.86. The number of nitrogens with zero attached hydrogens (tertiary/aromatic N) is 2. The van der Waals surface area contributed by atoms with Gasteiger partial charge in [-0.3, -0.25) is 4.79 Å². The summed E-state index contributed by atoms with van der Waals surface area (Å²) in [5.41, 5.74) is 0.951. The van der Waals surface area contributed by atoms with Crippen molar-refractivity contribution in [2.75, 3.05) is 5.32 Å². The molecule has 0 radical (unpaired) electrons. The summed E-state index contributed by atoms with van der Waals surface area (Å²) in [6.07, 6.45) is 1.45. The van der Waals surface area contributed by atoms with Gasteiger partial charge in [0.1, 0.15) is 10.9 Å². The molecule has 1 aromatic heterocycles. The minimum atomic E-state index is -0.249. The molecule has 0 aliphatic carbocycles. The van der Waals surface area contributed by atoms with Crippen LogP contribution in [0.15, 0.2) is 36.5 Å². The van der Waals surface area contributed by atoms with Crippen LogP contribution in [0.1, 0.15) is 23.3 Å². The van der Waals surface area contributed by atoms with Crippen molar-refractivity contribution in [3.05, 3.63) is 47.0 Å². The molecule has 1 amide bonds. The maximum Gasteiger partial charge on any atom is 0.233 e. The number of thiazole rings is 1. The smallest absolute Gasteiger partial charge is 0.233 e. The predicted octanol–water partition coefficient (Wildman–Crippen LogP) is 2.76. The lowest BCUT2D eigenvalue weighted by atomic mass is 10.0. The largest absolute Gasteiger partial charge is 0.301 e. The molecule has 1 N–H and O–H groups in total. The van der Waals surface area contributed by atoms with Crippen molar-refractivity contribution in [1.29, 1.82) is 5.26 Å². The van der Waals surface area contributed by atoms with Crippen molar-refractivity contribution in [3.63, 3.8) is 0 Å². The SMILES string of the molecule is CC(C(=O)Nc1ncc(C#N)s1)c1ccccc1. The zero-order valence-corrected chi connectivity index (χ0v) is 10.6. The van der Waals surface area contributed by atoms with Gasteiger partial charge in [0, 0.05) is 0 Å². The number of amides is 1. The maximum atomic E-state index is 12.0. The van der Waals surface area contributed by atoms with Crippen LogP contribution in [-0.2, 0) is 4.79 Å². The van der Waals surface area contributed by atoms with E-state index in [1.54, 1.807) is 0 Å². The normalized spacial score (nSPS) is 11.6. The van der Waals surface area contributed by atoms with Gasteiger partial charge in [0.05, 0.1) is 12.1 Å². The molecule has 1 aromatic carbocycles.